The lowest BCUT2D eigenvalue weighted by molar-refractivity contribution is -0.384. The van der Waals surface area contributed by atoms with E-state index in [1.54, 1.807) is 12.1 Å². The smallest absolute Gasteiger partial charge is 0.319 e. The van der Waals surface area contributed by atoms with E-state index in [2.05, 4.69) is 20.9 Å². The molecule has 162 valence electrons. The molecular formula is C22H25N5O4. The van der Waals surface area contributed by atoms with Gasteiger partial charge in [-0.2, -0.15) is 0 Å². The average Bonchev–Trinajstić information content (AvgIpc) is 2.96. The number of rotatable bonds is 6. The Bertz CT molecular complexity index is 953. The third kappa shape index (κ3) is 5.18. The van der Waals surface area contributed by atoms with Crippen LogP contribution in [0, 0.1) is 10.1 Å². The first-order chi connectivity index (χ1) is 15.0. The van der Waals surface area contributed by atoms with Crippen LogP contribution < -0.4 is 16.0 Å². The second-order valence-corrected chi connectivity index (χ2v) is 8.05. The van der Waals surface area contributed by atoms with Gasteiger partial charge >= 0.3 is 6.03 Å². The average molecular weight is 423 g/mol. The lowest BCUT2D eigenvalue weighted by Gasteiger charge is -2.38. The fourth-order valence-electron chi connectivity index (χ4n) is 4.59. The van der Waals surface area contributed by atoms with Gasteiger partial charge in [0, 0.05) is 41.6 Å². The Kier molecular flexibility index (Phi) is 6.13. The molecule has 4 rings (SSSR count). The SMILES string of the molecule is O=C(CN1[C@H]2CC[C@H]1CC(NC(=O)Nc1ccccc1)C2)Nc1cccc([N+](=O)[O-])c1. The number of urea groups is 1. The number of nitro benzene ring substituents is 1. The van der Waals surface area contributed by atoms with E-state index in [0.717, 1.165) is 31.4 Å². The molecule has 2 aliphatic rings. The minimum atomic E-state index is -0.485. The number of nitro groups is 1. The number of nitrogens with zero attached hydrogens (tertiary/aromatic N) is 2. The van der Waals surface area contributed by atoms with E-state index >= 15 is 0 Å². The molecule has 3 N–H and O–H groups in total. The van der Waals surface area contributed by atoms with E-state index in [4.69, 9.17) is 0 Å². The lowest BCUT2D eigenvalue weighted by Crippen LogP contribution is -2.52. The Labute approximate surface area is 180 Å². The number of carbonyl (C=O) groups excluding carboxylic acids is 2. The van der Waals surface area contributed by atoms with E-state index in [0.29, 0.717) is 5.69 Å². The van der Waals surface area contributed by atoms with Gasteiger partial charge in [0.2, 0.25) is 5.91 Å². The van der Waals surface area contributed by atoms with Crippen LogP contribution in [0.4, 0.5) is 21.9 Å². The number of fused-ring (bicyclic) bond motifs is 2. The lowest BCUT2D eigenvalue weighted by atomic mass is 9.97. The number of carbonyl (C=O) groups is 2. The number of benzene rings is 2. The number of non-ortho nitro benzene ring substituents is 1. The van der Waals surface area contributed by atoms with Crippen molar-refractivity contribution in [1.82, 2.24) is 10.2 Å². The van der Waals surface area contributed by atoms with Crippen LogP contribution in [0.25, 0.3) is 0 Å². The van der Waals surface area contributed by atoms with Crippen LogP contribution in [0.3, 0.4) is 0 Å². The predicted molar refractivity (Wildman–Crippen MR) is 117 cm³/mol. The van der Waals surface area contributed by atoms with Crippen LogP contribution in [0.15, 0.2) is 54.6 Å². The molecule has 0 radical (unpaired) electrons. The predicted octanol–water partition coefficient (Wildman–Crippen LogP) is 3.35. The summed E-state index contributed by atoms with van der Waals surface area (Å²) < 4.78 is 0. The summed E-state index contributed by atoms with van der Waals surface area (Å²) in [5.41, 5.74) is 1.11. The highest BCUT2D eigenvalue weighted by atomic mass is 16.6. The third-order valence-electron chi connectivity index (χ3n) is 5.92. The summed E-state index contributed by atoms with van der Waals surface area (Å²) in [5.74, 6) is -0.189. The van der Waals surface area contributed by atoms with Gasteiger partial charge < -0.3 is 16.0 Å². The van der Waals surface area contributed by atoms with Crippen molar-refractivity contribution < 1.29 is 14.5 Å². The molecular weight excluding hydrogens is 398 g/mol. The van der Waals surface area contributed by atoms with Crippen LogP contribution in [-0.2, 0) is 4.79 Å². The molecule has 2 aliphatic heterocycles. The molecule has 0 aromatic heterocycles. The standard InChI is InChI=1S/C22H25N5O4/c28-21(23-16-7-4-8-20(11-16)27(30)31)14-26-18-9-10-19(26)13-17(12-18)25-22(29)24-15-5-2-1-3-6-15/h1-8,11,17-19H,9-10,12-14H2,(H,23,28)(H2,24,25,29)/t18-,19-/m0/s1. The zero-order valence-corrected chi connectivity index (χ0v) is 17.0. The number of piperidine rings is 1. The second-order valence-electron chi connectivity index (χ2n) is 8.05. The summed E-state index contributed by atoms with van der Waals surface area (Å²) in [4.78, 5) is 37.5. The normalized spacial score (nSPS) is 22.5. The molecule has 0 saturated carbocycles. The van der Waals surface area contributed by atoms with Crippen LogP contribution in [-0.4, -0.2) is 46.4 Å². The van der Waals surface area contributed by atoms with Gasteiger partial charge in [0.05, 0.1) is 11.5 Å². The molecule has 2 aromatic rings. The van der Waals surface area contributed by atoms with Crippen LogP contribution >= 0.6 is 0 Å². The first-order valence-corrected chi connectivity index (χ1v) is 10.4. The zero-order chi connectivity index (χ0) is 21.8. The first-order valence-electron chi connectivity index (χ1n) is 10.4. The minimum Gasteiger partial charge on any atom is -0.335 e. The van der Waals surface area contributed by atoms with Crippen molar-refractivity contribution in [3.63, 3.8) is 0 Å². The highest BCUT2D eigenvalue weighted by Gasteiger charge is 2.41. The monoisotopic (exact) mass is 423 g/mol. The largest absolute Gasteiger partial charge is 0.335 e. The molecule has 9 nitrogen and oxygen atoms in total. The topological polar surface area (TPSA) is 117 Å². The van der Waals surface area contributed by atoms with Crippen LogP contribution in [0.2, 0.25) is 0 Å². The van der Waals surface area contributed by atoms with Crippen LogP contribution in [0.1, 0.15) is 25.7 Å². The molecule has 0 spiro atoms. The maximum absolute atomic E-state index is 12.5. The summed E-state index contributed by atoms with van der Waals surface area (Å²) in [5, 5.41) is 19.6. The number of anilines is 2. The summed E-state index contributed by atoms with van der Waals surface area (Å²) >= 11 is 0. The third-order valence-corrected chi connectivity index (χ3v) is 5.92. The molecule has 0 unspecified atom stereocenters. The van der Waals surface area contributed by atoms with Gasteiger partial charge in [-0.3, -0.25) is 19.8 Å². The molecule has 2 bridgehead atoms. The molecule has 3 amide bonds. The highest BCUT2D eigenvalue weighted by molar-refractivity contribution is 5.92. The Morgan fingerprint density at radius 3 is 2.32 bits per heavy atom. The van der Waals surface area contributed by atoms with Crippen LogP contribution in [0.5, 0.6) is 0 Å². The summed E-state index contributed by atoms with van der Waals surface area (Å²) in [6, 6.07) is 15.6. The molecule has 2 fully saturated rings. The molecule has 9 heteroatoms. The van der Waals surface area contributed by atoms with Crippen molar-refractivity contribution in [2.75, 3.05) is 17.2 Å². The van der Waals surface area contributed by atoms with E-state index < -0.39 is 4.92 Å². The zero-order valence-electron chi connectivity index (χ0n) is 17.0. The fraction of sp³-hybridized carbons (Fsp3) is 0.364. The quantitative estimate of drug-likeness (QED) is 0.487. The molecule has 2 atom stereocenters. The molecule has 31 heavy (non-hydrogen) atoms. The number of nitrogens with one attached hydrogen (secondary N) is 3. The number of amides is 3. The molecule has 2 aromatic carbocycles. The summed E-state index contributed by atoms with van der Waals surface area (Å²) in [7, 11) is 0. The second kappa shape index (κ2) is 9.13. The maximum Gasteiger partial charge on any atom is 0.319 e. The van der Waals surface area contributed by atoms with Crippen molar-refractivity contribution in [1.29, 1.82) is 0 Å². The van der Waals surface area contributed by atoms with E-state index in [1.807, 2.05) is 30.3 Å². The van der Waals surface area contributed by atoms with Crippen molar-refractivity contribution in [2.45, 2.75) is 43.8 Å². The summed E-state index contributed by atoms with van der Waals surface area (Å²) in [6.07, 6.45) is 3.58. The maximum atomic E-state index is 12.5. The van der Waals surface area contributed by atoms with E-state index in [1.165, 1.54) is 12.1 Å². The molecule has 2 saturated heterocycles. The van der Waals surface area contributed by atoms with Crippen molar-refractivity contribution in [3.05, 3.63) is 64.7 Å². The van der Waals surface area contributed by atoms with E-state index in [9.17, 15) is 19.7 Å². The number of hydrogen-bond acceptors (Lipinski definition) is 5. The Morgan fingerprint density at radius 2 is 1.65 bits per heavy atom. The minimum absolute atomic E-state index is 0.0569. The van der Waals surface area contributed by atoms with Gasteiger partial charge in [-0.1, -0.05) is 24.3 Å². The Hall–Kier alpha value is -3.46. The summed E-state index contributed by atoms with van der Waals surface area (Å²) in [6.45, 7) is 0.237. The van der Waals surface area contributed by atoms with Gasteiger partial charge in [-0.15, -0.1) is 0 Å². The Balaban J connectivity index is 1.29. The van der Waals surface area contributed by atoms with Gasteiger partial charge in [0.15, 0.2) is 0 Å². The van der Waals surface area contributed by atoms with Crippen molar-refractivity contribution in [3.8, 4) is 0 Å². The fourth-order valence-corrected chi connectivity index (χ4v) is 4.59. The van der Waals surface area contributed by atoms with Gasteiger partial charge in [0.1, 0.15) is 0 Å². The van der Waals surface area contributed by atoms with Crippen molar-refractivity contribution >= 4 is 29.0 Å². The van der Waals surface area contributed by atoms with Gasteiger partial charge in [-0.05, 0) is 43.9 Å². The van der Waals surface area contributed by atoms with Gasteiger partial charge in [-0.25, -0.2) is 4.79 Å². The van der Waals surface area contributed by atoms with E-state index in [-0.39, 0.29) is 42.3 Å². The number of hydrogen-bond donors (Lipinski definition) is 3. The molecule has 0 aliphatic carbocycles. The first kappa shape index (κ1) is 20.8. The van der Waals surface area contributed by atoms with Crippen molar-refractivity contribution in [2.24, 2.45) is 0 Å². The molecule has 2 heterocycles. The highest BCUT2D eigenvalue weighted by Crippen LogP contribution is 2.35. The van der Waals surface area contributed by atoms with Gasteiger partial charge in [0.25, 0.3) is 5.69 Å². The Morgan fingerprint density at radius 1 is 0.968 bits per heavy atom. The number of para-hydroxylation sites is 1.